The molecule has 0 amide bonds. The van der Waals surface area contributed by atoms with Crippen LogP contribution in [0.4, 0.5) is 11.4 Å². The molecule has 0 bridgehead atoms. The first-order valence-electron chi connectivity index (χ1n) is 10.8. The van der Waals surface area contributed by atoms with Gasteiger partial charge in [0.1, 0.15) is 5.82 Å². The molecular formula is C23H29N4O4S+. The summed E-state index contributed by atoms with van der Waals surface area (Å²) in [7, 11) is -3.79. The van der Waals surface area contributed by atoms with Gasteiger partial charge in [-0.1, -0.05) is 20.8 Å². The van der Waals surface area contributed by atoms with E-state index in [1.165, 1.54) is 24.3 Å². The van der Waals surface area contributed by atoms with Crippen molar-refractivity contribution >= 4 is 32.4 Å². The minimum absolute atomic E-state index is 0.0806. The fourth-order valence-corrected chi connectivity index (χ4v) is 5.10. The molecule has 3 aromatic rings. The van der Waals surface area contributed by atoms with Crippen LogP contribution in [0, 0.1) is 10.8 Å². The fourth-order valence-electron chi connectivity index (χ4n) is 4.05. The van der Waals surface area contributed by atoms with Crippen LogP contribution in [0.2, 0.25) is 0 Å². The first-order chi connectivity index (χ1) is 15.2. The quantitative estimate of drug-likeness (QED) is 0.592. The van der Waals surface area contributed by atoms with Gasteiger partial charge in [0.15, 0.2) is 0 Å². The zero-order valence-electron chi connectivity index (χ0n) is 18.6. The third kappa shape index (κ3) is 4.68. The SMILES string of the molecule is CC(C)(C)c1nc2cc(NS(=O)(=O)c3ccc([NH+]=O)cc3)ccc2n1CC1CCOCC1. The Balaban J connectivity index is 1.66. The predicted molar refractivity (Wildman–Crippen MR) is 123 cm³/mol. The van der Waals surface area contributed by atoms with E-state index in [4.69, 9.17) is 9.72 Å². The zero-order chi connectivity index (χ0) is 22.9. The van der Waals surface area contributed by atoms with Gasteiger partial charge in [0.2, 0.25) is 0 Å². The van der Waals surface area contributed by atoms with E-state index in [1.807, 2.05) is 6.07 Å². The second-order valence-electron chi connectivity index (χ2n) is 9.29. The van der Waals surface area contributed by atoms with Crippen molar-refractivity contribution in [1.82, 2.24) is 9.55 Å². The van der Waals surface area contributed by atoms with Gasteiger partial charge in [-0.2, -0.15) is 0 Å². The Labute approximate surface area is 188 Å². The summed E-state index contributed by atoms with van der Waals surface area (Å²) in [6, 6.07) is 11.1. The summed E-state index contributed by atoms with van der Waals surface area (Å²) in [5, 5.41) is 1.74. The predicted octanol–water partition coefficient (Wildman–Crippen LogP) is 3.04. The second kappa shape index (κ2) is 8.63. The number of nitrogens with zero attached hydrogens (tertiary/aromatic N) is 2. The summed E-state index contributed by atoms with van der Waals surface area (Å²) in [5.74, 6) is 1.52. The van der Waals surface area contributed by atoms with Gasteiger partial charge < -0.3 is 9.30 Å². The molecule has 2 N–H and O–H groups in total. The van der Waals surface area contributed by atoms with E-state index >= 15 is 0 Å². The van der Waals surface area contributed by atoms with Gasteiger partial charge >= 0.3 is 0 Å². The summed E-state index contributed by atoms with van der Waals surface area (Å²) in [5.41, 5.74) is 2.35. The van der Waals surface area contributed by atoms with Crippen LogP contribution in [0.3, 0.4) is 0 Å². The normalized spacial score (nSPS) is 15.7. The molecule has 1 aromatic heterocycles. The van der Waals surface area contributed by atoms with Gasteiger partial charge in [0.25, 0.3) is 15.7 Å². The van der Waals surface area contributed by atoms with Crippen LogP contribution in [0.5, 0.6) is 0 Å². The maximum Gasteiger partial charge on any atom is 0.261 e. The van der Waals surface area contributed by atoms with Crippen LogP contribution in [0.15, 0.2) is 47.4 Å². The van der Waals surface area contributed by atoms with Crippen LogP contribution in [0.1, 0.15) is 39.4 Å². The van der Waals surface area contributed by atoms with Crippen molar-refractivity contribution in [2.45, 2.75) is 50.5 Å². The molecule has 2 aromatic carbocycles. The molecule has 4 rings (SSSR count). The van der Waals surface area contributed by atoms with E-state index in [0.29, 0.717) is 17.3 Å². The van der Waals surface area contributed by atoms with E-state index in [-0.39, 0.29) is 10.3 Å². The molecule has 170 valence electrons. The van der Waals surface area contributed by atoms with E-state index in [2.05, 4.69) is 30.1 Å². The topological polar surface area (TPSA) is 104 Å². The lowest BCUT2D eigenvalue weighted by molar-refractivity contribution is -0.379. The maximum atomic E-state index is 12.8. The van der Waals surface area contributed by atoms with Crippen LogP contribution >= 0.6 is 0 Å². The largest absolute Gasteiger partial charge is 0.381 e. The Morgan fingerprint density at radius 3 is 2.44 bits per heavy atom. The minimum atomic E-state index is -3.79. The molecule has 1 aliphatic rings. The summed E-state index contributed by atoms with van der Waals surface area (Å²) >= 11 is 0. The number of fused-ring (bicyclic) bond motifs is 1. The number of rotatable bonds is 6. The molecule has 2 heterocycles. The van der Waals surface area contributed by atoms with Crippen LogP contribution < -0.4 is 9.90 Å². The Bertz CT molecular complexity index is 1220. The lowest BCUT2D eigenvalue weighted by Gasteiger charge is -2.26. The van der Waals surface area contributed by atoms with Crippen LogP contribution in [-0.2, 0) is 26.7 Å². The van der Waals surface area contributed by atoms with E-state index in [1.54, 1.807) is 17.3 Å². The maximum absolute atomic E-state index is 12.8. The fraction of sp³-hybridized carbons (Fsp3) is 0.435. The Hall–Kier alpha value is -2.78. The number of imidazole rings is 1. The first kappa shape index (κ1) is 22.4. The number of nitrogens with one attached hydrogen (secondary N) is 2. The molecule has 1 fully saturated rings. The van der Waals surface area contributed by atoms with Crippen molar-refractivity contribution in [2.75, 3.05) is 17.9 Å². The highest BCUT2D eigenvalue weighted by atomic mass is 32.2. The zero-order valence-corrected chi connectivity index (χ0v) is 19.4. The van der Waals surface area contributed by atoms with Gasteiger partial charge in [-0.25, -0.2) is 13.4 Å². The highest BCUT2D eigenvalue weighted by Gasteiger charge is 2.26. The number of ether oxygens (including phenoxy) is 1. The van der Waals surface area contributed by atoms with Crippen molar-refractivity contribution in [3.8, 4) is 0 Å². The molecule has 0 radical (unpaired) electrons. The molecule has 0 unspecified atom stereocenters. The van der Waals surface area contributed by atoms with E-state index in [9.17, 15) is 13.3 Å². The van der Waals surface area contributed by atoms with Gasteiger partial charge in [0, 0.05) is 47.4 Å². The number of hydrogen-bond acceptors (Lipinski definition) is 5. The van der Waals surface area contributed by atoms with Gasteiger partial charge in [-0.15, -0.1) is 0 Å². The number of anilines is 1. The molecule has 8 nitrogen and oxygen atoms in total. The number of nitroso groups, excluding NO2 is 1. The molecule has 0 atom stereocenters. The van der Waals surface area contributed by atoms with Gasteiger partial charge in [-0.3, -0.25) is 4.72 Å². The van der Waals surface area contributed by atoms with Crippen LogP contribution in [0.25, 0.3) is 11.0 Å². The van der Waals surface area contributed by atoms with Gasteiger partial charge in [-0.05, 0) is 49.1 Å². The number of aromatic nitrogens is 2. The molecule has 1 aliphatic heterocycles. The van der Waals surface area contributed by atoms with Gasteiger partial charge in [0.05, 0.1) is 21.6 Å². The van der Waals surface area contributed by atoms with Crippen molar-refractivity contribution in [2.24, 2.45) is 5.92 Å². The molecular weight excluding hydrogens is 428 g/mol. The lowest BCUT2D eigenvalue weighted by atomic mass is 9.94. The molecule has 0 aliphatic carbocycles. The highest BCUT2D eigenvalue weighted by molar-refractivity contribution is 7.92. The molecule has 32 heavy (non-hydrogen) atoms. The minimum Gasteiger partial charge on any atom is -0.381 e. The standard InChI is InChI=1S/C23H28N4O4S/c1-23(2,3)22-24-20-14-18(26-32(29,30)19-7-4-17(25-28)5-8-19)6-9-21(20)27(22)15-16-10-12-31-13-11-16/h4-9,14,16,26H,10-13,15H2,1-3H3/p+1. The van der Waals surface area contributed by atoms with Crippen molar-refractivity contribution in [3.63, 3.8) is 0 Å². The smallest absolute Gasteiger partial charge is 0.261 e. The number of hydrogen-bond donors (Lipinski definition) is 2. The highest BCUT2D eigenvalue weighted by Crippen LogP contribution is 2.31. The Morgan fingerprint density at radius 2 is 1.81 bits per heavy atom. The molecule has 9 heteroatoms. The number of benzene rings is 2. The summed E-state index contributed by atoms with van der Waals surface area (Å²) in [6.45, 7) is 8.87. The van der Waals surface area contributed by atoms with Crippen molar-refractivity contribution in [1.29, 1.82) is 0 Å². The third-order valence-electron chi connectivity index (χ3n) is 5.74. The monoisotopic (exact) mass is 457 g/mol. The summed E-state index contributed by atoms with van der Waals surface area (Å²) < 4.78 is 36.0. The average Bonchev–Trinajstić information content (AvgIpc) is 3.12. The molecule has 0 saturated carbocycles. The lowest BCUT2D eigenvalue weighted by Crippen LogP contribution is -2.55. The molecule has 0 spiro atoms. The third-order valence-corrected chi connectivity index (χ3v) is 7.13. The van der Waals surface area contributed by atoms with E-state index in [0.717, 1.165) is 49.5 Å². The number of sulfonamides is 1. The summed E-state index contributed by atoms with van der Waals surface area (Å²) in [6.07, 6.45) is 2.06. The summed E-state index contributed by atoms with van der Waals surface area (Å²) in [4.78, 5) is 15.7. The Kier molecular flexibility index (Phi) is 6.05. The molecule has 1 saturated heterocycles. The van der Waals surface area contributed by atoms with Crippen LogP contribution in [-0.4, -0.2) is 31.2 Å². The van der Waals surface area contributed by atoms with Crippen molar-refractivity contribution < 1.29 is 18.3 Å². The Morgan fingerprint density at radius 1 is 1.12 bits per heavy atom. The first-order valence-corrected chi connectivity index (χ1v) is 12.3. The van der Waals surface area contributed by atoms with E-state index < -0.39 is 10.0 Å². The average molecular weight is 458 g/mol. The second-order valence-corrected chi connectivity index (χ2v) is 11.0. The van der Waals surface area contributed by atoms with Crippen molar-refractivity contribution in [3.05, 3.63) is 53.2 Å².